The van der Waals surface area contributed by atoms with Crippen molar-refractivity contribution in [3.63, 3.8) is 0 Å². The number of aromatic carboxylic acids is 1. The Morgan fingerprint density at radius 2 is 2.10 bits per heavy atom. The molecule has 0 unspecified atom stereocenters. The van der Waals surface area contributed by atoms with Crippen LogP contribution in [0, 0.1) is 11.8 Å². The van der Waals surface area contributed by atoms with Crippen LogP contribution in [0.25, 0.3) is 5.65 Å². The van der Waals surface area contributed by atoms with E-state index in [1.807, 2.05) is 6.07 Å². The minimum Gasteiger partial charge on any atom is -0.478 e. The molecule has 20 heavy (non-hydrogen) atoms. The number of aromatic nitrogens is 3. The van der Waals surface area contributed by atoms with Crippen LogP contribution < -0.4 is 0 Å². The van der Waals surface area contributed by atoms with E-state index >= 15 is 0 Å². The summed E-state index contributed by atoms with van der Waals surface area (Å²) in [7, 11) is 0. The third kappa shape index (κ3) is 2.22. The third-order valence-corrected chi connectivity index (χ3v) is 2.72. The number of fused-ring (bicyclic) bond motifs is 1. The van der Waals surface area contributed by atoms with Gasteiger partial charge < -0.3 is 5.11 Å². The first-order valence-corrected chi connectivity index (χ1v) is 5.88. The molecule has 0 saturated heterocycles. The maximum absolute atomic E-state index is 10.9. The van der Waals surface area contributed by atoms with Gasteiger partial charge in [0.25, 0.3) is 0 Å². The molecule has 5 nitrogen and oxygen atoms in total. The highest BCUT2D eigenvalue weighted by Crippen LogP contribution is 2.05. The molecule has 3 rings (SSSR count). The molecular formula is C15H9N3O2. The van der Waals surface area contributed by atoms with Crippen LogP contribution in [-0.2, 0) is 0 Å². The first kappa shape index (κ1) is 11.9. The van der Waals surface area contributed by atoms with Gasteiger partial charge in [0.05, 0.1) is 11.8 Å². The molecular weight excluding hydrogens is 254 g/mol. The van der Waals surface area contributed by atoms with Crippen LogP contribution in [0.4, 0.5) is 0 Å². The topological polar surface area (TPSA) is 67.5 Å². The molecule has 0 bridgehead atoms. The zero-order chi connectivity index (χ0) is 13.9. The van der Waals surface area contributed by atoms with Crippen LogP contribution >= 0.6 is 0 Å². The van der Waals surface area contributed by atoms with Gasteiger partial charge in [-0.05, 0) is 36.3 Å². The van der Waals surface area contributed by atoms with Crippen molar-refractivity contribution in [1.29, 1.82) is 0 Å². The third-order valence-electron chi connectivity index (χ3n) is 2.72. The molecule has 0 fully saturated rings. The number of imidazole rings is 1. The molecule has 1 aromatic carbocycles. The highest BCUT2D eigenvalue weighted by Gasteiger charge is 2.02. The van der Waals surface area contributed by atoms with Gasteiger partial charge in [0.15, 0.2) is 5.65 Å². The zero-order valence-corrected chi connectivity index (χ0v) is 10.3. The van der Waals surface area contributed by atoms with E-state index in [0.29, 0.717) is 11.3 Å². The lowest BCUT2D eigenvalue weighted by molar-refractivity contribution is 0.0697. The van der Waals surface area contributed by atoms with Crippen molar-refractivity contribution in [2.75, 3.05) is 0 Å². The second-order valence-electron chi connectivity index (χ2n) is 4.07. The Kier molecular flexibility index (Phi) is 2.90. The molecule has 0 aliphatic heterocycles. The van der Waals surface area contributed by atoms with E-state index in [2.05, 4.69) is 21.9 Å². The van der Waals surface area contributed by atoms with Crippen molar-refractivity contribution < 1.29 is 9.90 Å². The van der Waals surface area contributed by atoms with Crippen LogP contribution in [-0.4, -0.2) is 25.7 Å². The number of carbonyl (C=O) groups is 1. The van der Waals surface area contributed by atoms with E-state index in [0.717, 1.165) is 5.65 Å². The molecule has 0 radical (unpaired) electrons. The predicted octanol–water partition coefficient (Wildman–Crippen LogP) is 1.83. The smallest absolute Gasteiger partial charge is 0.335 e. The Hall–Kier alpha value is -3.13. The molecule has 96 valence electrons. The van der Waals surface area contributed by atoms with Gasteiger partial charge in [-0.3, -0.25) is 0 Å². The van der Waals surface area contributed by atoms with Gasteiger partial charge in [-0.1, -0.05) is 12.0 Å². The fourth-order valence-electron chi connectivity index (χ4n) is 1.78. The van der Waals surface area contributed by atoms with Gasteiger partial charge >= 0.3 is 5.97 Å². The Morgan fingerprint density at radius 3 is 2.95 bits per heavy atom. The first-order valence-electron chi connectivity index (χ1n) is 5.88. The molecule has 0 spiro atoms. The minimum atomic E-state index is -0.967. The van der Waals surface area contributed by atoms with Gasteiger partial charge in [0, 0.05) is 11.8 Å². The van der Waals surface area contributed by atoms with Crippen molar-refractivity contribution in [3.05, 3.63) is 65.6 Å². The Morgan fingerprint density at radius 1 is 1.20 bits per heavy atom. The monoisotopic (exact) mass is 263 g/mol. The summed E-state index contributed by atoms with van der Waals surface area (Å²) in [6.45, 7) is 0. The predicted molar refractivity (Wildman–Crippen MR) is 72.4 cm³/mol. The van der Waals surface area contributed by atoms with Crippen LogP contribution in [0.5, 0.6) is 0 Å². The number of carboxylic acid groups (broad SMARTS) is 1. The fraction of sp³-hybridized carbons (Fsp3) is 0. The number of carboxylic acids is 1. The van der Waals surface area contributed by atoms with E-state index in [4.69, 9.17) is 5.11 Å². The van der Waals surface area contributed by atoms with Crippen molar-refractivity contribution in [1.82, 2.24) is 14.6 Å². The summed E-state index contributed by atoms with van der Waals surface area (Å²) in [5, 5.41) is 13.1. The number of benzene rings is 1. The maximum Gasteiger partial charge on any atom is 0.335 e. The summed E-state index contributed by atoms with van der Waals surface area (Å²) >= 11 is 0. The molecule has 0 aliphatic rings. The van der Waals surface area contributed by atoms with Gasteiger partial charge in [-0.15, -0.1) is 0 Å². The van der Waals surface area contributed by atoms with Crippen molar-refractivity contribution >= 4 is 11.6 Å². The van der Waals surface area contributed by atoms with E-state index in [1.165, 1.54) is 12.1 Å². The average Bonchev–Trinajstić information content (AvgIpc) is 2.89. The second-order valence-corrected chi connectivity index (χ2v) is 4.07. The highest BCUT2D eigenvalue weighted by atomic mass is 16.4. The number of nitrogens with zero attached hydrogens (tertiary/aromatic N) is 3. The molecule has 1 N–H and O–H groups in total. The van der Waals surface area contributed by atoms with Crippen LogP contribution in [0.1, 0.15) is 21.6 Å². The number of hydrogen-bond donors (Lipinski definition) is 1. The first-order chi connectivity index (χ1) is 9.74. The second kappa shape index (κ2) is 4.86. The Balaban J connectivity index is 1.99. The SMILES string of the molecule is O=C(O)c1cccc(C#Cc2cnc3cccnn23)c1. The average molecular weight is 263 g/mol. The molecule has 5 heteroatoms. The lowest BCUT2D eigenvalue weighted by Gasteiger charge is -1.94. The molecule has 0 saturated carbocycles. The van der Waals surface area contributed by atoms with E-state index < -0.39 is 5.97 Å². The zero-order valence-electron chi connectivity index (χ0n) is 10.3. The standard InChI is InChI=1S/C15H9N3O2/c19-15(20)12-4-1-3-11(9-12)6-7-13-10-16-14-5-2-8-17-18(13)14/h1-5,8-10H,(H,19,20). The largest absolute Gasteiger partial charge is 0.478 e. The molecule has 2 heterocycles. The van der Waals surface area contributed by atoms with Gasteiger partial charge in [0.1, 0.15) is 5.69 Å². The van der Waals surface area contributed by atoms with Crippen molar-refractivity contribution in [3.8, 4) is 11.8 Å². The lowest BCUT2D eigenvalue weighted by atomic mass is 10.1. The summed E-state index contributed by atoms with van der Waals surface area (Å²) in [4.78, 5) is 15.1. The molecule has 2 aromatic heterocycles. The van der Waals surface area contributed by atoms with E-state index in [-0.39, 0.29) is 5.56 Å². The summed E-state index contributed by atoms with van der Waals surface area (Å²) < 4.78 is 1.63. The fourth-order valence-corrected chi connectivity index (χ4v) is 1.78. The van der Waals surface area contributed by atoms with Crippen molar-refractivity contribution in [2.45, 2.75) is 0 Å². The van der Waals surface area contributed by atoms with Gasteiger partial charge in [-0.2, -0.15) is 5.10 Å². The lowest BCUT2D eigenvalue weighted by Crippen LogP contribution is -1.96. The Labute approximate surface area is 114 Å². The van der Waals surface area contributed by atoms with E-state index in [1.54, 1.807) is 35.1 Å². The van der Waals surface area contributed by atoms with Gasteiger partial charge in [0.2, 0.25) is 0 Å². The molecule has 0 aliphatic carbocycles. The highest BCUT2D eigenvalue weighted by molar-refractivity contribution is 5.88. The number of rotatable bonds is 1. The maximum atomic E-state index is 10.9. The normalized spacial score (nSPS) is 10.0. The molecule has 0 atom stereocenters. The summed E-state index contributed by atoms with van der Waals surface area (Å²) in [5.74, 6) is 4.90. The van der Waals surface area contributed by atoms with E-state index in [9.17, 15) is 4.79 Å². The number of hydrogen-bond acceptors (Lipinski definition) is 3. The van der Waals surface area contributed by atoms with Crippen LogP contribution in [0.3, 0.4) is 0 Å². The molecule has 0 amide bonds. The Bertz CT molecular complexity index is 856. The quantitative estimate of drug-likeness (QED) is 0.680. The van der Waals surface area contributed by atoms with Crippen LogP contribution in [0.2, 0.25) is 0 Å². The summed E-state index contributed by atoms with van der Waals surface area (Å²) in [6, 6.07) is 10.1. The van der Waals surface area contributed by atoms with Crippen molar-refractivity contribution in [2.24, 2.45) is 0 Å². The van der Waals surface area contributed by atoms with Crippen LogP contribution in [0.15, 0.2) is 48.8 Å². The van der Waals surface area contributed by atoms with Gasteiger partial charge in [-0.25, -0.2) is 14.3 Å². The summed E-state index contributed by atoms with van der Waals surface area (Å²) in [5.41, 5.74) is 2.22. The minimum absolute atomic E-state index is 0.216. The summed E-state index contributed by atoms with van der Waals surface area (Å²) in [6.07, 6.45) is 3.29. The molecule has 3 aromatic rings.